The summed E-state index contributed by atoms with van der Waals surface area (Å²) in [5.74, 6) is 0.882. The first-order valence-corrected chi connectivity index (χ1v) is 22.0. The number of ether oxygens (including phenoxy) is 1. The predicted molar refractivity (Wildman–Crippen MR) is 240 cm³/mol. The molecule has 61 heavy (non-hydrogen) atoms. The number of aliphatic hydroxyl groups excluding tert-OH is 2. The minimum absolute atomic E-state index is 0.00202. The lowest BCUT2D eigenvalue weighted by molar-refractivity contribution is -0.183. The van der Waals surface area contributed by atoms with Gasteiger partial charge in [0, 0.05) is 72.5 Å². The van der Waals surface area contributed by atoms with Gasteiger partial charge in [-0.15, -0.1) is 0 Å². The molecule has 2 bridgehead atoms. The van der Waals surface area contributed by atoms with Crippen LogP contribution < -0.4 is 24.9 Å². The van der Waals surface area contributed by atoms with E-state index in [9.17, 15) is 25.0 Å². The summed E-state index contributed by atoms with van der Waals surface area (Å²) in [6.45, 7) is 9.36. The van der Waals surface area contributed by atoms with Crippen LogP contribution in [0.2, 0.25) is 0 Å². The molecule has 3 saturated carbocycles. The van der Waals surface area contributed by atoms with Crippen LogP contribution in [-0.4, -0.2) is 124 Å². The second-order valence-electron chi connectivity index (χ2n) is 19.6. The van der Waals surface area contributed by atoms with E-state index in [-0.39, 0.29) is 48.4 Å². The second kappa shape index (κ2) is 17.6. The van der Waals surface area contributed by atoms with Crippen molar-refractivity contribution in [1.29, 1.82) is 0 Å². The SMILES string of the molecule is COc1c(CN2O[C@@H](CO)[C@H]([C@H](C)O)[C@H]2C(=O)NC2C[C@H]3C[C@@H]([C@@H]2C)C3(C)C)cccc1-c1cc(C(=O)NC(CC2C[N+](C)([O-])c3ccccc32)CN(C)C)cc(N(C)C)c1. The molecular formula is C48H68N6O7. The van der Waals surface area contributed by atoms with Crippen LogP contribution in [-0.2, 0) is 16.2 Å². The van der Waals surface area contributed by atoms with Gasteiger partial charge in [-0.2, -0.15) is 5.06 Å². The van der Waals surface area contributed by atoms with Crippen LogP contribution in [0, 0.1) is 34.3 Å². The Morgan fingerprint density at radius 3 is 2.46 bits per heavy atom. The van der Waals surface area contributed by atoms with Crippen molar-refractivity contribution >= 4 is 23.2 Å². The van der Waals surface area contributed by atoms with E-state index in [1.807, 2.05) is 93.8 Å². The molecular weight excluding hydrogens is 773 g/mol. The number of carbonyl (C=O) groups excluding carboxylic acids is 2. The molecule has 0 radical (unpaired) electrons. The number of rotatable bonds is 15. The largest absolute Gasteiger partial charge is 0.628 e. The molecule has 2 heterocycles. The smallest absolute Gasteiger partial charge is 0.251 e. The number of para-hydroxylation sites is 2. The maximum atomic E-state index is 14.4. The standard InChI is InChI=1S/C48H68N6O7/c1-28-39-22-34(48(39,3)4)23-40(28)50-47(58)44-43(29(2)56)42(27-55)61-53(44)24-30-14-13-16-38(45(30)60-10)31-18-32(21-36(20-31)52(7)8)46(57)49-35(25-51(5)6)19-33-26-54(9,59)41-17-12-11-15-37(33)41/h11-18,20-21,28-29,33-35,39-40,42-44,55-56H,19,22-27H2,1-10H3,(H,49,57)(H,50,58)/t28-,29-,33?,34+,35?,39-,40?,42-,43-,44-,54?/m0/s1. The number of carbonyl (C=O) groups is 2. The number of hydrogen-bond acceptors (Lipinski definition) is 10. The van der Waals surface area contributed by atoms with Gasteiger partial charge >= 0.3 is 0 Å². The van der Waals surface area contributed by atoms with Crippen LogP contribution in [0.25, 0.3) is 11.1 Å². The molecule has 13 nitrogen and oxygen atoms in total. The van der Waals surface area contributed by atoms with Gasteiger partial charge in [0.15, 0.2) is 0 Å². The molecule has 2 amide bonds. The van der Waals surface area contributed by atoms with E-state index in [4.69, 9.17) is 9.57 Å². The third kappa shape index (κ3) is 8.80. The fourth-order valence-corrected chi connectivity index (χ4v) is 11.3. The van der Waals surface area contributed by atoms with Crippen LogP contribution in [0.3, 0.4) is 0 Å². The van der Waals surface area contributed by atoms with Gasteiger partial charge in [-0.3, -0.25) is 14.4 Å². The normalized spacial score (nSPS) is 30.0. The van der Waals surface area contributed by atoms with Crippen LogP contribution >= 0.6 is 0 Å². The lowest BCUT2D eigenvalue weighted by atomic mass is 9.45. The number of nitrogens with zero attached hydrogens (tertiary/aromatic N) is 4. The highest BCUT2D eigenvalue weighted by molar-refractivity contribution is 5.97. The molecule has 3 aromatic carbocycles. The quantitative estimate of drug-likeness (QED) is 0.116. The van der Waals surface area contributed by atoms with Crippen molar-refractivity contribution in [3.63, 3.8) is 0 Å². The topological polar surface area (TPSA) is 150 Å². The first-order chi connectivity index (χ1) is 28.8. The van der Waals surface area contributed by atoms with Crippen LogP contribution in [0.5, 0.6) is 5.75 Å². The summed E-state index contributed by atoms with van der Waals surface area (Å²) in [4.78, 5) is 39.0. The van der Waals surface area contributed by atoms with Crippen LogP contribution in [0.4, 0.5) is 11.4 Å². The zero-order chi connectivity index (χ0) is 44.1. The summed E-state index contributed by atoms with van der Waals surface area (Å²) in [5, 5.41) is 43.2. The zero-order valence-electron chi connectivity index (χ0n) is 37.7. The van der Waals surface area contributed by atoms with Gasteiger partial charge < -0.3 is 45.2 Å². The Balaban J connectivity index is 1.15. The van der Waals surface area contributed by atoms with E-state index >= 15 is 0 Å². The molecule has 2 aliphatic heterocycles. The summed E-state index contributed by atoms with van der Waals surface area (Å²) >= 11 is 0. The number of methoxy groups -OCH3 is 1. The van der Waals surface area contributed by atoms with E-state index in [0.29, 0.717) is 48.6 Å². The zero-order valence-corrected chi connectivity index (χ0v) is 37.7. The molecule has 3 aliphatic carbocycles. The van der Waals surface area contributed by atoms with E-state index < -0.39 is 28.8 Å². The molecule has 0 spiro atoms. The average Bonchev–Trinajstić information content (AvgIpc) is 3.71. The maximum Gasteiger partial charge on any atom is 0.251 e. The van der Waals surface area contributed by atoms with Crippen LogP contribution in [0.15, 0.2) is 60.7 Å². The Labute approximate surface area is 362 Å². The molecule has 8 rings (SSSR count). The van der Waals surface area contributed by atoms with Crippen molar-refractivity contribution in [3.05, 3.63) is 82.6 Å². The lowest BCUT2D eigenvalue weighted by Gasteiger charge is -2.62. The van der Waals surface area contributed by atoms with E-state index in [0.717, 1.165) is 40.0 Å². The van der Waals surface area contributed by atoms with E-state index in [2.05, 4.69) is 36.3 Å². The van der Waals surface area contributed by atoms with Gasteiger partial charge in [-0.1, -0.05) is 57.2 Å². The highest BCUT2D eigenvalue weighted by Crippen LogP contribution is 2.61. The van der Waals surface area contributed by atoms with Gasteiger partial charge in [-0.25, -0.2) is 0 Å². The number of hydroxylamine groups is 4. The average molecular weight is 841 g/mol. The third-order valence-electron chi connectivity index (χ3n) is 14.6. The summed E-state index contributed by atoms with van der Waals surface area (Å²) < 4.78 is 5.70. The number of quaternary nitrogens is 1. The highest BCUT2D eigenvalue weighted by Gasteiger charge is 2.57. The van der Waals surface area contributed by atoms with E-state index in [1.54, 1.807) is 26.1 Å². The molecule has 11 atom stereocenters. The fourth-order valence-electron chi connectivity index (χ4n) is 11.3. The first kappa shape index (κ1) is 45.0. The number of benzene rings is 3. The van der Waals surface area contributed by atoms with Gasteiger partial charge in [-0.05, 0) is 93.3 Å². The molecule has 1 saturated heterocycles. The van der Waals surface area contributed by atoms with Crippen molar-refractivity contribution in [2.24, 2.45) is 29.1 Å². The van der Waals surface area contributed by atoms with Gasteiger partial charge in [0.2, 0.25) is 5.91 Å². The van der Waals surface area contributed by atoms with Gasteiger partial charge in [0.05, 0.1) is 40.0 Å². The lowest BCUT2D eigenvalue weighted by Crippen LogP contribution is -2.62. The molecule has 332 valence electrons. The van der Waals surface area contributed by atoms with Gasteiger partial charge in [0.25, 0.3) is 5.91 Å². The number of nitrogens with one attached hydrogen (secondary N) is 2. The molecule has 3 aromatic rings. The Bertz CT molecular complexity index is 2070. The summed E-state index contributed by atoms with van der Waals surface area (Å²) in [5.41, 5.74) is 5.66. The van der Waals surface area contributed by atoms with Crippen molar-refractivity contribution in [2.45, 2.75) is 89.8 Å². The molecule has 4 unspecified atom stereocenters. The maximum absolute atomic E-state index is 14.4. The Hall–Kier alpha value is -4.08. The molecule has 5 aliphatic rings. The van der Waals surface area contributed by atoms with Crippen molar-refractivity contribution in [3.8, 4) is 16.9 Å². The molecule has 4 fully saturated rings. The summed E-state index contributed by atoms with van der Waals surface area (Å²) in [6.07, 6.45) is 1.04. The highest BCUT2D eigenvalue weighted by atomic mass is 16.7. The fraction of sp³-hybridized carbons (Fsp3) is 0.583. The van der Waals surface area contributed by atoms with Crippen LogP contribution in [0.1, 0.15) is 74.4 Å². The Kier molecular flexibility index (Phi) is 13.0. The molecule has 0 aromatic heterocycles. The van der Waals surface area contributed by atoms with Crippen molar-refractivity contribution in [1.82, 2.24) is 25.2 Å². The summed E-state index contributed by atoms with van der Waals surface area (Å²) in [7, 11) is 11.1. The first-order valence-electron chi connectivity index (χ1n) is 22.0. The summed E-state index contributed by atoms with van der Waals surface area (Å²) in [6, 6.07) is 18.3. The third-order valence-corrected chi connectivity index (χ3v) is 14.6. The van der Waals surface area contributed by atoms with Crippen molar-refractivity contribution < 1.29 is 29.4 Å². The number of amides is 2. The number of anilines is 1. The molecule has 13 heteroatoms. The second-order valence-corrected chi connectivity index (χ2v) is 19.6. The Morgan fingerprint density at radius 1 is 1.08 bits per heavy atom. The number of likely N-dealkylation sites (N-methyl/N-ethyl adjacent to an activating group) is 2. The van der Waals surface area contributed by atoms with Crippen molar-refractivity contribution in [2.75, 3.05) is 66.9 Å². The molecule has 4 N–H and O–H groups in total. The predicted octanol–water partition coefficient (Wildman–Crippen LogP) is 5.37. The monoisotopic (exact) mass is 841 g/mol. The number of aliphatic hydroxyl groups is 2. The number of hydrogen-bond donors (Lipinski definition) is 4. The Morgan fingerprint density at radius 2 is 1.82 bits per heavy atom. The number of fused-ring (bicyclic) bond motifs is 3. The minimum atomic E-state index is -0.919. The van der Waals surface area contributed by atoms with Gasteiger partial charge in [0.1, 0.15) is 23.6 Å². The van der Waals surface area contributed by atoms with E-state index in [1.165, 1.54) is 6.42 Å². The minimum Gasteiger partial charge on any atom is -0.628 e.